The Morgan fingerprint density at radius 3 is 3.05 bits per heavy atom. The van der Waals surface area contributed by atoms with Crippen molar-refractivity contribution in [3.8, 4) is 0 Å². The summed E-state index contributed by atoms with van der Waals surface area (Å²) in [5.41, 5.74) is 8.03. The molecule has 0 fully saturated rings. The average molecular weight is 271 g/mol. The summed E-state index contributed by atoms with van der Waals surface area (Å²) in [7, 11) is 1.84. The Labute approximate surface area is 117 Å². The number of aromatic nitrogens is 3. The van der Waals surface area contributed by atoms with Crippen LogP contribution in [-0.2, 0) is 17.8 Å². The lowest BCUT2D eigenvalue weighted by atomic mass is 10.1. The van der Waals surface area contributed by atoms with Crippen LogP contribution in [-0.4, -0.2) is 32.6 Å². The van der Waals surface area contributed by atoms with Crippen molar-refractivity contribution in [1.29, 1.82) is 0 Å². The van der Waals surface area contributed by atoms with Crippen molar-refractivity contribution in [3.63, 3.8) is 0 Å². The maximum absolute atomic E-state index is 12.3. The molecule has 6 nitrogen and oxygen atoms in total. The summed E-state index contributed by atoms with van der Waals surface area (Å²) in [5.74, 6) is 0.197. The zero-order chi connectivity index (χ0) is 14.1. The number of hydrogen-bond donors (Lipinski definition) is 1. The molecule has 104 valence electrons. The molecule has 6 heteroatoms. The van der Waals surface area contributed by atoms with Gasteiger partial charge in [-0.3, -0.25) is 4.79 Å². The zero-order valence-corrected chi connectivity index (χ0v) is 11.4. The highest BCUT2D eigenvalue weighted by atomic mass is 16.2. The number of carbonyl (C=O) groups is 1. The van der Waals surface area contributed by atoms with Gasteiger partial charge in [-0.2, -0.15) is 0 Å². The number of hydrogen-bond acceptors (Lipinski definition) is 4. The smallest absolute Gasteiger partial charge is 0.244 e. The van der Waals surface area contributed by atoms with E-state index in [4.69, 9.17) is 5.73 Å². The van der Waals surface area contributed by atoms with Crippen LogP contribution in [0.4, 0.5) is 5.95 Å². The molecular formula is C14H17N5O. The lowest BCUT2D eigenvalue weighted by Gasteiger charge is -2.25. The molecule has 1 amide bonds. The number of nitrogens with zero attached hydrogens (tertiary/aromatic N) is 4. The maximum atomic E-state index is 12.3. The molecule has 3 rings (SSSR count). The van der Waals surface area contributed by atoms with Crippen LogP contribution in [0, 0.1) is 0 Å². The van der Waals surface area contributed by atoms with Crippen molar-refractivity contribution < 1.29 is 4.79 Å². The van der Waals surface area contributed by atoms with Gasteiger partial charge in [-0.25, -0.2) is 9.67 Å². The van der Waals surface area contributed by atoms with Crippen molar-refractivity contribution in [1.82, 2.24) is 19.7 Å². The van der Waals surface area contributed by atoms with E-state index in [1.165, 1.54) is 22.1 Å². The van der Waals surface area contributed by atoms with E-state index >= 15 is 0 Å². The molecule has 1 atom stereocenters. The van der Waals surface area contributed by atoms with Gasteiger partial charge in [-0.15, -0.1) is 5.10 Å². The molecule has 0 saturated carbocycles. The summed E-state index contributed by atoms with van der Waals surface area (Å²) < 4.78 is 1.47. The Bertz CT molecular complexity index is 636. The highest BCUT2D eigenvalue weighted by molar-refractivity contribution is 5.76. The third kappa shape index (κ3) is 2.24. The minimum absolute atomic E-state index is 0.0107. The van der Waals surface area contributed by atoms with Gasteiger partial charge in [0, 0.05) is 7.05 Å². The normalized spacial score (nSPS) is 16.9. The second-order valence-corrected chi connectivity index (χ2v) is 5.06. The number of nitrogen functional groups attached to an aromatic ring is 1. The maximum Gasteiger partial charge on any atom is 0.244 e. The first-order valence-electron chi connectivity index (χ1n) is 6.63. The molecule has 20 heavy (non-hydrogen) atoms. The number of rotatable bonds is 3. The predicted molar refractivity (Wildman–Crippen MR) is 74.7 cm³/mol. The number of likely N-dealkylation sites (N-methyl/N-ethyl adjacent to an activating group) is 1. The van der Waals surface area contributed by atoms with Crippen molar-refractivity contribution in [2.75, 3.05) is 12.8 Å². The third-order valence-corrected chi connectivity index (χ3v) is 3.81. The minimum Gasteiger partial charge on any atom is -0.367 e. The molecule has 2 N–H and O–H groups in total. The van der Waals surface area contributed by atoms with Crippen LogP contribution < -0.4 is 5.73 Å². The fourth-order valence-corrected chi connectivity index (χ4v) is 2.75. The second-order valence-electron chi connectivity index (χ2n) is 5.06. The molecule has 0 saturated heterocycles. The number of benzene rings is 1. The van der Waals surface area contributed by atoms with Gasteiger partial charge in [0.25, 0.3) is 0 Å². The molecule has 1 aliphatic rings. The van der Waals surface area contributed by atoms with E-state index in [2.05, 4.69) is 22.2 Å². The number of anilines is 1. The van der Waals surface area contributed by atoms with Crippen molar-refractivity contribution in [2.45, 2.75) is 25.4 Å². The van der Waals surface area contributed by atoms with Gasteiger partial charge < -0.3 is 10.6 Å². The molecule has 1 aromatic heterocycles. The highest BCUT2D eigenvalue weighted by Gasteiger charge is 2.28. The number of nitrogens with two attached hydrogens (primary N) is 1. The number of carbonyl (C=O) groups excluding carboxylic acids is 1. The second kappa shape index (κ2) is 4.96. The average Bonchev–Trinajstić information content (AvgIpc) is 3.04. The largest absolute Gasteiger partial charge is 0.367 e. The van der Waals surface area contributed by atoms with Crippen molar-refractivity contribution in [3.05, 3.63) is 41.7 Å². The van der Waals surface area contributed by atoms with Crippen LogP contribution in [0.15, 0.2) is 30.6 Å². The molecule has 2 aromatic rings. The topological polar surface area (TPSA) is 77.0 Å². The first-order chi connectivity index (χ1) is 9.65. The molecule has 1 heterocycles. The summed E-state index contributed by atoms with van der Waals surface area (Å²) >= 11 is 0. The van der Waals surface area contributed by atoms with Gasteiger partial charge in [0.1, 0.15) is 12.9 Å². The molecule has 1 aromatic carbocycles. The lowest BCUT2D eigenvalue weighted by Crippen LogP contribution is -2.33. The van der Waals surface area contributed by atoms with E-state index in [1.807, 2.05) is 19.2 Å². The summed E-state index contributed by atoms with van der Waals surface area (Å²) in [4.78, 5) is 17.9. The van der Waals surface area contributed by atoms with Gasteiger partial charge in [0.15, 0.2) is 0 Å². The summed E-state index contributed by atoms with van der Waals surface area (Å²) in [5, 5.41) is 3.94. The molecule has 1 aliphatic carbocycles. The molecule has 0 spiro atoms. The van der Waals surface area contributed by atoms with Crippen LogP contribution >= 0.6 is 0 Å². The predicted octanol–water partition coefficient (Wildman–Crippen LogP) is 1.01. The van der Waals surface area contributed by atoms with Crippen molar-refractivity contribution in [2.24, 2.45) is 0 Å². The Morgan fingerprint density at radius 2 is 2.30 bits per heavy atom. The number of fused-ring (bicyclic) bond motifs is 1. The molecule has 0 radical (unpaired) electrons. The van der Waals surface area contributed by atoms with E-state index in [-0.39, 0.29) is 24.4 Å². The third-order valence-electron chi connectivity index (χ3n) is 3.81. The monoisotopic (exact) mass is 271 g/mol. The van der Waals surface area contributed by atoms with Gasteiger partial charge in [-0.1, -0.05) is 24.3 Å². The van der Waals surface area contributed by atoms with Gasteiger partial charge in [0.2, 0.25) is 11.9 Å². The van der Waals surface area contributed by atoms with Gasteiger partial charge in [-0.05, 0) is 24.0 Å². The Morgan fingerprint density at radius 1 is 1.50 bits per heavy atom. The van der Waals surface area contributed by atoms with E-state index in [1.54, 1.807) is 4.90 Å². The zero-order valence-electron chi connectivity index (χ0n) is 11.4. The van der Waals surface area contributed by atoms with Gasteiger partial charge >= 0.3 is 0 Å². The Balaban J connectivity index is 1.73. The van der Waals surface area contributed by atoms with Crippen molar-refractivity contribution >= 4 is 11.9 Å². The van der Waals surface area contributed by atoms with E-state index < -0.39 is 0 Å². The van der Waals surface area contributed by atoms with Gasteiger partial charge in [0.05, 0.1) is 6.04 Å². The van der Waals surface area contributed by atoms with Crippen LogP contribution in [0.2, 0.25) is 0 Å². The standard InChI is InChI=1S/C14H17N5O/c1-18(13(20)8-19-9-16-14(15)17-19)12-7-6-10-4-2-3-5-11(10)12/h2-5,9,12H,6-8H2,1H3,(H2,15,17). The molecule has 0 aliphatic heterocycles. The van der Waals surface area contributed by atoms with E-state index in [9.17, 15) is 4.79 Å². The number of aryl methyl sites for hydroxylation is 1. The summed E-state index contributed by atoms with van der Waals surface area (Å²) in [6.45, 7) is 0.166. The summed E-state index contributed by atoms with van der Waals surface area (Å²) in [6.07, 6.45) is 3.47. The lowest BCUT2D eigenvalue weighted by molar-refractivity contribution is -0.132. The Kier molecular flexibility index (Phi) is 3.14. The molecular weight excluding hydrogens is 254 g/mol. The molecule has 1 unspecified atom stereocenters. The first kappa shape index (κ1) is 12.7. The fraction of sp³-hybridized carbons (Fsp3) is 0.357. The van der Waals surface area contributed by atoms with E-state index in [0.29, 0.717) is 0 Å². The highest BCUT2D eigenvalue weighted by Crippen LogP contribution is 2.34. The van der Waals surface area contributed by atoms with Crippen LogP contribution in [0.3, 0.4) is 0 Å². The minimum atomic E-state index is 0.0107. The molecule has 0 bridgehead atoms. The quantitative estimate of drug-likeness (QED) is 0.903. The SMILES string of the molecule is CN(C(=O)Cn1cnc(N)n1)C1CCc2ccccc21. The number of amides is 1. The summed E-state index contributed by atoms with van der Waals surface area (Å²) in [6, 6.07) is 8.45. The van der Waals surface area contributed by atoms with Crippen LogP contribution in [0.25, 0.3) is 0 Å². The van der Waals surface area contributed by atoms with E-state index in [0.717, 1.165) is 12.8 Å². The first-order valence-corrected chi connectivity index (χ1v) is 6.63. The fourth-order valence-electron chi connectivity index (χ4n) is 2.75. The van der Waals surface area contributed by atoms with Crippen LogP contribution in [0.1, 0.15) is 23.6 Å². The van der Waals surface area contributed by atoms with Crippen LogP contribution in [0.5, 0.6) is 0 Å². The Hall–Kier alpha value is -2.37.